The number of hydrogen-bond acceptors (Lipinski definition) is 3. The lowest BCUT2D eigenvalue weighted by Gasteiger charge is -2.10. The minimum absolute atomic E-state index is 0.264. The lowest BCUT2D eigenvalue weighted by molar-refractivity contribution is 0.305. The summed E-state index contributed by atoms with van der Waals surface area (Å²) in [4.78, 5) is 4.56. The Morgan fingerprint density at radius 3 is 2.26 bits per heavy atom. The van der Waals surface area contributed by atoms with Crippen LogP contribution in [-0.2, 0) is 6.61 Å². The van der Waals surface area contributed by atoms with Gasteiger partial charge in [-0.1, -0.05) is 46.3 Å². The Kier molecular flexibility index (Phi) is 6.75. The quantitative estimate of drug-likeness (QED) is 0.256. The summed E-state index contributed by atoms with van der Waals surface area (Å²) in [6.45, 7) is 0.342. The van der Waals surface area contributed by atoms with E-state index in [-0.39, 0.29) is 5.82 Å². The van der Waals surface area contributed by atoms with Crippen molar-refractivity contribution in [3.05, 3.63) is 118 Å². The maximum absolute atomic E-state index is 13.1. The van der Waals surface area contributed by atoms with Crippen LogP contribution in [0.25, 0.3) is 0 Å². The Hall–Kier alpha value is -3.44. The summed E-state index contributed by atoms with van der Waals surface area (Å²) in [5.41, 5.74) is 2.52. The first-order chi connectivity index (χ1) is 15.2. The van der Waals surface area contributed by atoms with Crippen molar-refractivity contribution < 1.29 is 13.9 Å². The van der Waals surface area contributed by atoms with Crippen LogP contribution < -0.4 is 9.47 Å². The van der Waals surface area contributed by atoms with E-state index in [1.807, 2.05) is 72.8 Å². The molecular weight excluding hydrogens is 457 g/mol. The van der Waals surface area contributed by atoms with Gasteiger partial charge in [0, 0.05) is 16.3 Å². The molecule has 0 fully saturated rings. The molecule has 0 N–H and O–H groups in total. The highest BCUT2D eigenvalue weighted by atomic mass is 79.9. The van der Waals surface area contributed by atoms with Crippen molar-refractivity contribution in [2.45, 2.75) is 6.61 Å². The molecule has 4 aromatic carbocycles. The van der Waals surface area contributed by atoms with Crippen LogP contribution in [0.15, 0.2) is 107 Å². The van der Waals surface area contributed by atoms with Gasteiger partial charge in [0.25, 0.3) is 0 Å². The topological polar surface area (TPSA) is 30.8 Å². The van der Waals surface area contributed by atoms with E-state index in [1.54, 1.807) is 18.3 Å². The summed E-state index contributed by atoms with van der Waals surface area (Å²) in [5.74, 6) is 1.97. The molecule has 0 saturated carbocycles. The predicted molar refractivity (Wildman–Crippen MR) is 125 cm³/mol. The highest BCUT2D eigenvalue weighted by Gasteiger charge is 2.04. The molecule has 0 radical (unpaired) electrons. The molecule has 0 atom stereocenters. The zero-order valence-corrected chi connectivity index (χ0v) is 18.1. The second kappa shape index (κ2) is 10.0. The predicted octanol–water partition coefficient (Wildman–Crippen LogP) is 7.71. The lowest BCUT2D eigenvalue weighted by Crippen LogP contribution is -1.98. The fourth-order valence-corrected chi connectivity index (χ4v) is 3.24. The van der Waals surface area contributed by atoms with Gasteiger partial charge in [0.15, 0.2) is 0 Å². The molecule has 0 aliphatic heterocycles. The van der Waals surface area contributed by atoms with Crippen molar-refractivity contribution in [1.82, 2.24) is 0 Å². The third-order valence-electron chi connectivity index (χ3n) is 4.45. The molecule has 0 heterocycles. The molecule has 4 aromatic rings. The van der Waals surface area contributed by atoms with Crippen LogP contribution >= 0.6 is 15.9 Å². The molecule has 0 amide bonds. The summed E-state index contributed by atoms with van der Waals surface area (Å²) >= 11 is 3.49. The number of ether oxygens (including phenoxy) is 2. The van der Waals surface area contributed by atoms with Crippen LogP contribution in [-0.4, -0.2) is 6.21 Å². The number of rotatable bonds is 7. The Bertz CT molecular complexity index is 1160. The van der Waals surface area contributed by atoms with E-state index in [4.69, 9.17) is 9.47 Å². The standard InChI is InChI=1S/C26H19BrFNO2/c27-21-8-15-26(30-18-19-6-9-22(28)10-7-19)20(16-21)17-29-23-11-13-25(14-12-23)31-24-4-2-1-3-5-24/h1-17H,18H2. The molecule has 0 aliphatic carbocycles. The van der Waals surface area contributed by atoms with Crippen LogP contribution in [0, 0.1) is 5.82 Å². The third kappa shape index (κ3) is 6.03. The van der Waals surface area contributed by atoms with E-state index in [0.717, 1.165) is 32.8 Å². The van der Waals surface area contributed by atoms with Gasteiger partial charge in [0.1, 0.15) is 29.7 Å². The van der Waals surface area contributed by atoms with E-state index in [1.165, 1.54) is 12.1 Å². The normalized spacial score (nSPS) is 10.9. The lowest BCUT2D eigenvalue weighted by atomic mass is 10.2. The molecule has 31 heavy (non-hydrogen) atoms. The monoisotopic (exact) mass is 475 g/mol. The number of benzene rings is 4. The molecule has 0 aromatic heterocycles. The number of aliphatic imine (C=N–C) groups is 1. The van der Waals surface area contributed by atoms with Crippen molar-refractivity contribution in [1.29, 1.82) is 0 Å². The minimum Gasteiger partial charge on any atom is -0.488 e. The third-order valence-corrected chi connectivity index (χ3v) is 4.94. The maximum atomic E-state index is 13.1. The minimum atomic E-state index is -0.264. The van der Waals surface area contributed by atoms with Crippen LogP contribution in [0.1, 0.15) is 11.1 Å². The number of nitrogens with zero attached hydrogens (tertiary/aromatic N) is 1. The molecular formula is C26H19BrFNO2. The second-order valence-corrected chi connectivity index (χ2v) is 7.68. The van der Waals surface area contributed by atoms with Gasteiger partial charge in [0.2, 0.25) is 0 Å². The maximum Gasteiger partial charge on any atom is 0.128 e. The zero-order valence-electron chi connectivity index (χ0n) is 16.5. The van der Waals surface area contributed by atoms with Gasteiger partial charge in [-0.3, -0.25) is 4.99 Å². The molecule has 3 nitrogen and oxygen atoms in total. The largest absolute Gasteiger partial charge is 0.488 e. The van der Waals surface area contributed by atoms with Crippen molar-refractivity contribution in [2.75, 3.05) is 0 Å². The number of para-hydroxylation sites is 1. The van der Waals surface area contributed by atoms with Gasteiger partial charge in [-0.05, 0) is 72.3 Å². The van der Waals surface area contributed by atoms with Crippen molar-refractivity contribution in [3.8, 4) is 17.2 Å². The zero-order chi connectivity index (χ0) is 21.5. The molecule has 0 bridgehead atoms. The van der Waals surface area contributed by atoms with Gasteiger partial charge < -0.3 is 9.47 Å². The molecule has 0 spiro atoms. The fourth-order valence-electron chi connectivity index (χ4n) is 2.86. The second-order valence-electron chi connectivity index (χ2n) is 6.76. The van der Waals surface area contributed by atoms with Gasteiger partial charge in [-0.15, -0.1) is 0 Å². The van der Waals surface area contributed by atoms with Gasteiger partial charge in [-0.25, -0.2) is 4.39 Å². The van der Waals surface area contributed by atoms with E-state index in [0.29, 0.717) is 12.4 Å². The number of halogens is 2. The molecule has 0 unspecified atom stereocenters. The SMILES string of the molecule is Fc1ccc(COc2ccc(Br)cc2C=Nc2ccc(Oc3ccccc3)cc2)cc1. The van der Waals surface area contributed by atoms with Gasteiger partial charge in [-0.2, -0.15) is 0 Å². The highest BCUT2D eigenvalue weighted by Crippen LogP contribution is 2.26. The first kappa shape index (κ1) is 20.8. The average Bonchev–Trinajstić information content (AvgIpc) is 2.80. The van der Waals surface area contributed by atoms with Gasteiger partial charge in [0.05, 0.1) is 5.69 Å². The van der Waals surface area contributed by atoms with E-state index in [2.05, 4.69) is 20.9 Å². The smallest absolute Gasteiger partial charge is 0.128 e. The van der Waals surface area contributed by atoms with Crippen LogP contribution in [0.3, 0.4) is 0 Å². The molecule has 5 heteroatoms. The highest BCUT2D eigenvalue weighted by molar-refractivity contribution is 9.10. The first-order valence-corrected chi connectivity index (χ1v) is 10.5. The summed E-state index contributed by atoms with van der Waals surface area (Å²) in [7, 11) is 0. The summed E-state index contributed by atoms with van der Waals surface area (Å²) in [5, 5.41) is 0. The summed E-state index contributed by atoms with van der Waals surface area (Å²) in [6, 6.07) is 29.2. The molecule has 0 saturated heterocycles. The Morgan fingerprint density at radius 2 is 1.52 bits per heavy atom. The van der Waals surface area contributed by atoms with E-state index < -0.39 is 0 Å². The van der Waals surface area contributed by atoms with Crippen LogP contribution in [0.4, 0.5) is 10.1 Å². The van der Waals surface area contributed by atoms with Crippen LogP contribution in [0.5, 0.6) is 17.2 Å². The Balaban J connectivity index is 1.45. The van der Waals surface area contributed by atoms with Crippen molar-refractivity contribution in [3.63, 3.8) is 0 Å². The van der Waals surface area contributed by atoms with Crippen LogP contribution in [0.2, 0.25) is 0 Å². The van der Waals surface area contributed by atoms with E-state index >= 15 is 0 Å². The summed E-state index contributed by atoms with van der Waals surface area (Å²) < 4.78 is 25.8. The van der Waals surface area contributed by atoms with E-state index in [9.17, 15) is 4.39 Å². The Labute approximate surface area is 188 Å². The number of hydrogen-bond donors (Lipinski definition) is 0. The van der Waals surface area contributed by atoms with Crippen molar-refractivity contribution in [2.24, 2.45) is 4.99 Å². The molecule has 4 rings (SSSR count). The summed E-state index contributed by atoms with van der Waals surface area (Å²) in [6.07, 6.45) is 1.76. The average molecular weight is 476 g/mol. The molecule has 154 valence electrons. The van der Waals surface area contributed by atoms with Crippen molar-refractivity contribution >= 4 is 27.8 Å². The van der Waals surface area contributed by atoms with Gasteiger partial charge >= 0.3 is 0 Å². The Morgan fingerprint density at radius 1 is 0.806 bits per heavy atom. The molecule has 0 aliphatic rings. The fraction of sp³-hybridized carbons (Fsp3) is 0.0385. The first-order valence-electron chi connectivity index (χ1n) is 9.69.